The van der Waals surface area contributed by atoms with Crippen LogP contribution in [0.4, 0.5) is 4.79 Å². The minimum absolute atomic E-state index is 0.232. The van der Waals surface area contributed by atoms with Gasteiger partial charge in [-0.2, -0.15) is 0 Å². The average molecular weight is 263 g/mol. The van der Waals surface area contributed by atoms with Crippen molar-refractivity contribution in [1.82, 2.24) is 14.9 Å². The Morgan fingerprint density at radius 3 is 2.47 bits per heavy atom. The van der Waals surface area contributed by atoms with Crippen LogP contribution >= 0.6 is 0 Å². The summed E-state index contributed by atoms with van der Waals surface area (Å²) in [5.41, 5.74) is -0.434. The molecule has 1 aliphatic rings. The third kappa shape index (κ3) is 3.43. The van der Waals surface area contributed by atoms with E-state index in [0.29, 0.717) is 19.0 Å². The van der Waals surface area contributed by atoms with E-state index in [0.717, 1.165) is 5.82 Å². The highest BCUT2D eigenvalue weighted by atomic mass is 16.6. The molecule has 0 aromatic carbocycles. The van der Waals surface area contributed by atoms with Crippen LogP contribution < -0.4 is 0 Å². The molecule has 0 spiro atoms. The largest absolute Gasteiger partial charge is 0.444 e. The average Bonchev–Trinajstić information content (AvgIpc) is 2.25. The molecule has 1 amide bonds. The zero-order valence-electron chi connectivity index (χ0n) is 12.0. The third-order valence-corrected chi connectivity index (χ3v) is 3.26. The highest BCUT2D eigenvalue weighted by Crippen LogP contribution is 2.30. The Bertz CT molecular complexity index is 436. The first-order chi connectivity index (χ1) is 8.87. The highest BCUT2D eigenvalue weighted by Gasteiger charge is 2.37. The molecule has 2 heterocycles. The molecule has 1 aromatic rings. The summed E-state index contributed by atoms with van der Waals surface area (Å²) < 4.78 is 5.33. The van der Waals surface area contributed by atoms with E-state index in [9.17, 15) is 4.79 Å². The van der Waals surface area contributed by atoms with Crippen molar-refractivity contribution >= 4 is 6.09 Å². The van der Waals surface area contributed by atoms with Crippen LogP contribution in [-0.2, 0) is 4.74 Å². The van der Waals surface area contributed by atoms with E-state index in [1.165, 1.54) is 0 Å². The van der Waals surface area contributed by atoms with Gasteiger partial charge >= 0.3 is 6.09 Å². The molecule has 1 fully saturated rings. The van der Waals surface area contributed by atoms with Crippen LogP contribution in [0.1, 0.15) is 39.4 Å². The Kier molecular flexibility index (Phi) is 3.73. The SMILES string of the molecule is CC(c1ncccn1)C1CN(C(=O)OC(C)(C)C)C1. The Hall–Kier alpha value is -1.65. The molecular weight excluding hydrogens is 242 g/mol. The lowest BCUT2D eigenvalue weighted by atomic mass is 9.87. The van der Waals surface area contributed by atoms with Gasteiger partial charge in [0.1, 0.15) is 11.4 Å². The molecule has 5 heteroatoms. The van der Waals surface area contributed by atoms with E-state index in [1.54, 1.807) is 17.3 Å². The molecule has 1 atom stereocenters. The summed E-state index contributed by atoms with van der Waals surface area (Å²) in [5.74, 6) is 1.52. The molecule has 0 radical (unpaired) electrons. The van der Waals surface area contributed by atoms with Crippen molar-refractivity contribution in [3.05, 3.63) is 24.3 Å². The van der Waals surface area contributed by atoms with Crippen LogP contribution in [0, 0.1) is 5.92 Å². The second-order valence-electron chi connectivity index (χ2n) is 6.04. The van der Waals surface area contributed by atoms with E-state index in [2.05, 4.69) is 16.9 Å². The van der Waals surface area contributed by atoms with Gasteiger partial charge in [-0.15, -0.1) is 0 Å². The lowest BCUT2D eigenvalue weighted by Crippen LogP contribution is -2.53. The number of likely N-dealkylation sites (tertiary alicyclic amines) is 1. The number of hydrogen-bond acceptors (Lipinski definition) is 4. The molecule has 0 N–H and O–H groups in total. The summed E-state index contributed by atoms with van der Waals surface area (Å²) in [6, 6.07) is 1.81. The Morgan fingerprint density at radius 2 is 1.95 bits per heavy atom. The lowest BCUT2D eigenvalue weighted by molar-refractivity contribution is -0.00459. The van der Waals surface area contributed by atoms with Crippen molar-refractivity contribution in [2.24, 2.45) is 5.92 Å². The number of hydrogen-bond donors (Lipinski definition) is 0. The van der Waals surface area contributed by atoms with Gasteiger partial charge in [-0.1, -0.05) is 6.92 Å². The van der Waals surface area contributed by atoms with Crippen molar-refractivity contribution in [3.8, 4) is 0 Å². The van der Waals surface area contributed by atoms with Gasteiger partial charge in [0.2, 0.25) is 0 Å². The smallest absolute Gasteiger partial charge is 0.410 e. The van der Waals surface area contributed by atoms with Gasteiger partial charge in [-0.25, -0.2) is 14.8 Å². The summed E-state index contributed by atoms with van der Waals surface area (Å²) >= 11 is 0. The van der Waals surface area contributed by atoms with Crippen LogP contribution in [0.15, 0.2) is 18.5 Å². The van der Waals surface area contributed by atoms with E-state index < -0.39 is 5.60 Å². The van der Waals surface area contributed by atoms with Gasteiger partial charge in [-0.05, 0) is 26.8 Å². The first kappa shape index (κ1) is 13.8. The van der Waals surface area contributed by atoms with Gasteiger partial charge in [0.25, 0.3) is 0 Å². The fraction of sp³-hybridized carbons (Fsp3) is 0.643. The summed E-state index contributed by atoms with van der Waals surface area (Å²) in [6.07, 6.45) is 3.27. The summed E-state index contributed by atoms with van der Waals surface area (Å²) in [7, 11) is 0. The maximum Gasteiger partial charge on any atom is 0.410 e. The number of rotatable bonds is 2. The zero-order valence-corrected chi connectivity index (χ0v) is 12.0. The van der Waals surface area contributed by atoms with Crippen LogP contribution in [0.5, 0.6) is 0 Å². The standard InChI is InChI=1S/C14H21N3O2/c1-10(12-15-6-5-7-16-12)11-8-17(9-11)13(18)19-14(2,3)4/h5-7,10-11H,8-9H2,1-4H3. The van der Waals surface area contributed by atoms with Crippen molar-refractivity contribution in [2.45, 2.75) is 39.2 Å². The number of nitrogens with zero attached hydrogens (tertiary/aromatic N) is 3. The van der Waals surface area contributed by atoms with Crippen LogP contribution in [0.2, 0.25) is 0 Å². The minimum Gasteiger partial charge on any atom is -0.444 e. The first-order valence-electron chi connectivity index (χ1n) is 6.61. The number of aromatic nitrogens is 2. The molecule has 104 valence electrons. The molecule has 1 saturated heterocycles. The molecular formula is C14H21N3O2. The predicted octanol–water partition coefficient (Wildman–Crippen LogP) is 2.45. The number of carbonyl (C=O) groups is 1. The van der Waals surface area contributed by atoms with Crippen LogP contribution in [0.3, 0.4) is 0 Å². The van der Waals surface area contributed by atoms with Crippen molar-refractivity contribution in [3.63, 3.8) is 0 Å². The lowest BCUT2D eigenvalue weighted by Gasteiger charge is -2.42. The molecule has 19 heavy (non-hydrogen) atoms. The van der Waals surface area contributed by atoms with Crippen molar-refractivity contribution < 1.29 is 9.53 Å². The molecule has 2 rings (SSSR count). The Morgan fingerprint density at radius 1 is 1.37 bits per heavy atom. The molecule has 0 aliphatic carbocycles. The fourth-order valence-electron chi connectivity index (χ4n) is 2.06. The van der Waals surface area contributed by atoms with E-state index in [1.807, 2.05) is 26.8 Å². The van der Waals surface area contributed by atoms with E-state index >= 15 is 0 Å². The van der Waals surface area contributed by atoms with Gasteiger partial charge in [-0.3, -0.25) is 0 Å². The predicted molar refractivity (Wildman–Crippen MR) is 71.7 cm³/mol. The molecule has 1 aliphatic heterocycles. The van der Waals surface area contributed by atoms with Crippen LogP contribution in [-0.4, -0.2) is 39.7 Å². The quantitative estimate of drug-likeness (QED) is 0.822. The summed E-state index contributed by atoms with van der Waals surface area (Å²) in [6.45, 7) is 9.17. The normalized spacial score (nSPS) is 17.8. The Labute approximate surface area is 114 Å². The monoisotopic (exact) mass is 263 g/mol. The fourth-order valence-corrected chi connectivity index (χ4v) is 2.06. The van der Waals surface area contributed by atoms with E-state index in [-0.39, 0.29) is 12.0 Å². The summed E-state index contributed by atoms with van der Waals surface area (Å²) in [5, 5.41) is 0. The number of carbonyl (C=O) groups excluding carboxylic acids is 1. The van der Waals surface area contributed by atoms with Crippen molar-refractivity contribution in [2.75, 3.05) is 13.1 Å². The molecule has 5 nitrogen and oxygen atoms in total. The number of amides is 1. The second-order valence-corrected chi connectivity index (χ2v) is 6.04. The molecule has 0 bridgehead atoms. The molecule has 0 saturated carbocycles. The van der Waals surface area contributed by atoms with Gasteiger partial charge in [0, 0.05) is 37.3 Å². The minimum atomic E-state index is -0.434. The zero-order chi connectivity index (χ0) is 14.0. The summed E-state index contributed by atoms with van der Waals surface area (Å²) in [4.78, 5) is 22.1. The molecule has 1 aromatic heterocycles. The Balaban J connectivity index is 1.85. The topological polar surface area (TPSA) is 55.3 Å². The van der Waals surface area contributed by atoms with Crippen molar-refractivity contribution in [1.29, 1.82) is 0 Å². The van der Waals surface area contributed by atoms with Crippen LogP contribution in [0.25, 0.3) is 0 Å². The van der Waals surface area contributed by atoms with Gasteiger partial charge in [0.05, 0.1) is 0 Å². The first-order valence-corrected chi connectivity index (χ1v) is 6.61. The van der Waals surface area contributed by atoms with Gasteiger partial charge in [0.15, 0.2) is 0 Å². The maximum absolute atomic E-state index is 11.8. The second kappa shape index (κ2) is 5.15. The number of ether oxygens (including phenoxy) is 1. The maximum atomic E-state index is 11.8. The van der Waals surface area contributed by atoms with E-state index in [4.69, 9.17) is 4.74 Å². The molecule has 1 unspecified atom stereocenters. The third-order valence-electron chi connectivity index (χ3n) is 3.26. The highest BCUT2D eigenvalue weighted by molar-refractivity contribution is 5.69. The van der Waals surface area contributed by atoms with Gasteiger partial charge < -0.3 is 9.64 Å².